The maximum absolute atomic E-state index is 12.1. The Kier molecular flexibility index (Phi) is 3.56. The molecule has 0 saturated heterocycles. The van der Waals surface area contributed by atoms with Gasteiger partial charge in [-0.25, -0.2) is 9.36 Å². The van der Waals surface area contributed by atoms with E-state index in [0.29, 0.717) is 5.82 Å². The molecular formula is C15H19N5O2. The van der Waals surface area contributed by atoms with Gasteiger partial charge in [0.15, 0.2) is 5.82 Å². The molecule has 0 spiro atoms. The van der Waals surface area contributed by atoms with Crippen molar-refractivity contribution in [3.8, 4) is 5.82 Å². The lowest BCUT2D eigenvalue weighted by molar-refractivity contribution is -0.124. The van der Waals surface area contributed by atoms with Crippen LogP contribution in [-0.2, 0) is 4.79 Å². The number of carbonyl (C=O) groups excluding carboxylic acids is 1. The summed E-state index contributed by atoms with van der Waals surface area (Å²) in [4.78, 5) is 24.2. The third-order valence-electron chi connectivity index (χ3n) is 3.71. The molecule has 7 heteroatoms. The highest BCUT2D eigenvalue weighted by Crippen LogP contribution is 2.19. The monoisotopic (exact) mass is 301 g/mol. The van der Waals surface area contributed by atoms with E-state index in [4.69, 9.17) is 0 Å². The Morgan fingerprint density at radius 2 is 2.05 bits per heavy atom. The minimum Gasteiger partial charge on any atom is -0.352 e. The van der Waals surface area contributed by atoms with Crippen LogP contribution in [-0.4, -0.2) is 31.5 Å². The second-order valence-electron chi connectivity index (χ2n) is 5.77. The van der Waals surface area contributed by atoms with Crippen molar-refractivity contribution in [2.24, 2.45) is 0 Å². The van der Waals surface area contributed by atoms with E-state index >= 15 is 0 Å². The Morgan fingerprint density at radius 3 is 2.64 bits per heavy atom. The van der Waals surface area contributed by atoms with Crippen LogP contribution >= 0.6 is 0 Å². The zero-order valence-electron chi connectivity index (χ0n) is 12.9. The first-order chi connectivity index (χ1) is 10.5. The summed E-state index contributed by atoms with van der Waals surface area (Å²) in [7, 11) is 0. The Bertz CT molecular complexity index is 772. The van der Waals surface area contributed by atoms with Gasteiger partial charge < -0.3 is 5.32 Å². The van der Waals surface area contributed by atoms with Gasteiger partial charge in [0, 0.05) is 17.8 Å². The molecule has 1 N–H and O–H groups in total. The summed E-state index contributed by atoms with van der Waals surface area (Å²) in [6.45, 7) is 5.49. The van der Waals surface area contributed by atoms with Crippen molar-refractivity contribution in [2.45, 2.75) is 45.7 Å². The number of nitrogens with one attached hydrogen (secondary N) is 1. The second kappa shape index (κ2) is 5.40. The van der Waals surface area contributed by atoms with Crippen molar-refractivity contribution >= 4 is 5.91 Å². The van der Waals surface area contributed by atoms with Gasteiger partial charge in [-0.05, 0) is 45.7 Å². The fraction of sp³-hybridized carbons (Fsp3) is 0.467. The molecule has 1 fully saturated rings. The van der Waals surface area contributed by atoms with Gasteiger partial charge in [0.2, 0.25) is 5.91 Å². The zero-order chi connectivity index (χ0) is 15.9. The standard InChI is InChI=1S/C15H19N5O2/c1-9-8-10(2)19(17-9)13-6-7-14(21)20(18-13)11(3)15(22)16-12-4-5-12/h6-8,11-12H,4-5H2,1-3H3,(H,16,22). The molecule has 1 amide bonds. The maximum Gasteiger partial charge on any atom is 0.267 e. The van der Waals surface area contributed by atoms with E-state index in [1.807, 2.05) is 19.9 Å². The molecule has 0 aromatic carbocycles. The quantitative estimate of drug-likeness (QED) is 0.909. The van der Waals surface area contributed by atoms with Crippen molar-refractivity contribution < 1.29 is 4.79 Å². The number of aryl methyl sites for hydroxylation is 2. The summed E-state index contributed by atoms with van der Waals surface area (Å²) in [5.41, 5.74) is 1.49. The number of rotatable bonds is 4. The normalized spacial score (nSPS) is 15.6. The van der Waals surface area contributed by atoms with Crippen molar-refractivity contribution in [1.82, 2.24) is 24.9 Å². The van der Waals surface area contributed by atoms with E-state index in [9.17, 15) is 9.59 Å². The fourth-order valence-corrected chi connectivity index (χ4v) is 2.33. The average molecular weight is 301 g/mol. The number of amides is 1. The predicted molar refractivity (Wildman–Crippen MR) is 81.0 cm³/mol. The van der Waals surface area contributed by atoms with Gasteiger partial charge in [0.1, 0.15) is 6.04 Å². The van der Waals surface area contributed by atoms with E-state index in [1.165, 1.54) is 10.7 Å². The fourth-order valence-electron chi connectivity index (χ4n) is 2.33. The lowest BCUT2D eigenvalue weighted by Crippen LogP contribution is -2.38. The predicted octanol–water partition coefficient (Wildman–Crippen LogP) is 0.885. The Labute approximate surface area is 128 Å². The molecule has 2 aromatic rings. The largest absolute Gasteiger partial charge is 0.352 e. The van der Waals surface area contributed by atoms with Crippen LogP contribution < -0.4 is 10.9 Å². The molecule has 3 rings (SSSR count). The van der Waals surface area contributed by atoms with Crippen LogP contribution in [0, 0.1) is 13.8 Å². The van der Waals surface area contributed by atoms with Crippen LogP contribution in [0.4, 0.5) is 0 Å². The minimum atomic E-state index is -0.648. The van der Waals surface area contributed by atoms with Crippen LogP contribution in [0.1, 0.15) is 37.2 Å². The molecule has 0 radical (unpaired) electrons. The molecule has 1 unspecified atom stereocenters. The molecule has 7 nitrogen and oxygen atoms in total. The summed E-state index contributed by atoms with van der Waals surface area (Å²) in [5.74, 6) is 0.346. The van der Waals surface area contributed by atoms with Gasteiger partial charge in [-0.15, -0.1) is 5.10 Å². The first kappa shape index (κ1) is 14.5. The number of nitrogens with zero attached hydrogens (tertiary/aromatic N) is 4. The van der Waals surface area contributed by atoms with Gasteiger partial charge in [-0.1, -0.05) is 0 Å². The zero-order valence-corrected chi connectivity index (χ0v) is 12.9. The first-order valence-electron chi connectivity index (χ1n) is 7.39. The molecule has 2 heterocycles. The highest BCUT2D eigenvalue weighted by molar-refractivity contribution is 5.80. The lowest BCUT2D eigenvalue weighted by atomic mass is 10.3. The Hall–Kier alpha value is -2.44. The molecule has 1 atom stereocenters. The van der Waals surface area contributed by atoms with Gasteiger partial charge in [0.25, 0.3) is 5.56 Å². The third-order valence-corrected chi connectivity index (χ3v) is 3.71. The van der Waals surface area contributed by atoms with Crippen molar-refractivity contribution in [2.75, 3.05) is 0 Å². The lowest BCUT2D eigenvalue weighted by Gasteiger charge is -2.14. The third kappa shape index (κ3) is 2.79. The maximum atomic E-state index is 12.1. The minimum absolute atomic E-state index is 0.178. The van der Waals surface area contributed by atoms with Crippen molar-refractivity contribution in [3.05, 3.63) is 39.9 Å². The smallest absolute Gasteiger partial charge is 0.267 e. The summed E-state index contributed by atoms with van der Waals surface area (Å²) in [6.07, 6.45) is 2.01. The molecule has 1 aliphatic rings. The van der Waals surface area contributed by atoms with Gasteiger partial charge >= 0.3 is 0 Å². The van der Waals surface area contributed by atoms with Crippen LogP contribution in [0.15, 0.2) is 23.0 Å². The second-order valence-corrected chi connectivity index (χ2v) is 5.77. The summed E-state index contributed by atoms with van der Waals surface area (Å²) in [5, 5.41) is 11.6. The van der Waals surface area contributed by atoms with Crippen molar-refractivity contribution in [3.63, 3.8) is 0 Å². The summed E-state index contributed by atoms with van der Waals surface area (Å²) >= 11 is 0. The van der Waals surface area contributed by atoms with Crippen molar-refractivity contribution in [1.29, 1.82) is 0 Å². The van der Waals surface area contributed by atoms with Gasteiger partial charge in [-0.3, -0.25) is 9.59 Å². The molecule has 116 valence electrons. The Balaban J connectivity index is 1.94. The van der Waals surface area contributed by atoms with E-state index in [0.717, 1.165) is 24.2 Å². The highest BCUT2D eigenvalue weighted by atomic mass is 16.2. The number of hydrogen-bond donors (Lipinski definition) is 1. The van der Waals surface area contributed by atoms with Crippen LogP contribution in [0.25, 0.3) is 5.82 Å². The first-order valence-corrected chi connectivity index (χ1v) is 7.39. The summed E-state index contributed by atoms with van der Waals surface area (Å²) < 4.78 is 2.88. The van der Waals surface area contributed by atoms with E-state index in [2.05, 4.69) is 15.5 Å². The van der Waals surface area contributed by atoms with E-state index in [-0.39, 0.29) is 17.5 Å². The van der Waals surface area contributed by atoms with E-state index < -0.39 is 6.04 Å². The average Bonchev–Trinajstić information content (AvgIpc) is 3.22. The molecule has 1 aliphatic carbocycles. The SMILES string of the molecule is Cc1cc(C)n(-c2ccc(=O)n(C(C)C(=O)NC3CC3)n2)n1. The van der Waals surface area contributed by atoms with Gasteiger partial charge in [0.05, 0.1) is 5.69 Å². The molecule has 1 saturated carbocycles. The molecule has 22 heavy (non-hydrogen) atoms. The number of carbonyl (C=O) groups is 1. The molecule has 0 bridgehead atoms. The van der Waals surface area contributed by atoms with Crippen LogP contribution in [0.2, 0.25) is 0 Å². The van der Waals surface area contributed by atoms with Gasteiger partial charge in [-0.2, -0.15) is 5.10 Å². The molecular weight excluding hydrogens is 282 g/mol. The Morgan fingerprint density at radius 1 is 1.32 bits per heavy atom. The summed E-state index contributed by atoms with van der Waals surface area (Å²) in [6, 6.07) is 4.57. The van der Waals surface area contributed by atoms with Crippen LogP contribution in [0.5, 0.6) is 0 Å². The topological polar surface area (TPSA) is 81.8 Å². The van der Waals surface area contributed by atoms with E-state index in [1.54, 1.807) is 17.7 Å². The highest BCUT2D eigenvalue weighted by Gasteiger charge is 2.27. The number of aromatic nitrogens is 4. The van der Waals surface area contributed by atoms with Crippen LogP contribution in [0.3, 0.4) is 0 Å². The number of hydrogen-bond acceptors (Lipinski definition) is 4. The molecule has 0 aliphatic heterocycles. The molecule has 2 aromatic heterocycles.